The number of nitrogens with two attached hydrogens (primary N) is 1. The maximum absolute atomic E-state index is 12.0. The maximum Gasteiger partial charge on any atom is 0.367 e. The molecule has 0 fully saturated rings. The van der Waals surface area contributed by atoms with Crippen LogP contribution >= 0.6 is 7.60 Å². The first kappa shape index (κ1) is 16.1. The topological polar surface area (TPSA) is 120 Å². The highest BCUT2D eigenvalue weighted by Gasteiger charge is 2.52. The zero-order valence-electron chi connectivity index (χ0n) is 10.2. The van der Waals surface area contributed by atoms with Crippen LogP contribution in [0.15, 0.2) is 5.10 Å². The predicted molar refractivity (Wildman–Crippen MR) is 60.5 cm³/mol. The van der Waals surface area contributed by atoms with Crippen LogP contribution in [0.2, 0.25) is 0 Å². The highest BCUT2D eigenvalue weighted by atomic mass is 31.2. The fourth-order valence-electron chi connectivity index (χ4n) is 1.13. The van der Waals surface area contributed by atoms with Gasteiger partial charge < -0.3 is 24.7 Å². The molecule has 1 unspecified atom stereocenters. The summed E-state index contributed by atoms with van der Waals surface area (Å²) in [4.78, 5) is 11.5. The molecule has 0 amide bonds. The van der Waals surface area contributed by atoms with Crippen molar-refractivity contribution in [1.29, 1.82) is 0 Å². The van der Waals surface area contributed by atoms with Crippen molar-refractivity contribution in [3.8, 4) is 0 Å². The molecular formula is C8H17N2O6P. The molecule has 1 atom stereocenters. The van der Waals surface area contributed by atoms with Gasteiger partial charge in [-0.15, -0.1) is 0 Å². The van der Waals surface area contributed by atoms with Gasteiger partial charge in [-0.3, -0.25) is 4.57 Å². The Morgan fingerprint density at radius 1 is 1.47 bits per heavy atom. The highest BCUT2D eigenvalue weighted by molar-refractivity contribution is 7.56. The molecule has 17 heavy (non-hydrogen) atoms. The van der Waals surface area contributed by atoms with Crippen LogP contribution in [-0.4, -0.2) is 43.0 Å². The Hall–Kier alpha value is -0.950. The van der Waals surface area contributed by atoms with Crippen molar-refractivity contribution >= 4 is 19.3 Å². The molecule has 0 aromatic rings. The van der Waals surface area contributed by atoms with E-state index < -0.39 is 24.6 Å². The summed E-state index contributed by atoms with van der Waals surface area (Å²) in [6.45, 7) is 2.66. The van der Waals surface area contributed by atoms with Crippen LogP contribution in [0.1, 0.15) is 13.8 Å². The van der Waals surface area contributed by atoms with Crippen LogP contribution in [0, 0.1) is 0 Å². The zero-order chi connectivity index (χ0) is 13.7. The lowest BCUT2D eigenvalue weighted by molar-refractivity contribution is -0.135. The molecule has 0 radical (unpaired) electrons. The second-order valence-electron chi connectivity index (χ2n) is 3.08. The maximum atomic E-state index is 12.0. The van der Waals surface area contributed by atoms with Gasteiger partial charge >= 0.3 is 13.6 Å². The fourth-order valence-corrected chi connectivity index (χ4v) is 2.40. The van der Waals surface area contributed by atoms with E-state index in [9.17, 15) is 14.5 Å². The standard InChI is InChI=1S/C8H17N2O6P/c1-5-16-7(11)6(10-9)8(2,12)17(13,14-3)15-4/h12H,5,9H2,1-4H3/b10-6+. The van der Waals surface area contributed by atoms with E-state index in [1.807, 2.05) is 0 Å². The van der Waals surface area contributed by atoms with Gasteiger partial charge in [-0.25, -0.2) is 4.79 Å². The van der Waals surface area contributed by atoms with Crippen molar-refractivity contribution in [2.75, 3.05) is 20.8 Å². The summed E-state index contributed by atoms with van der Waals surface area (Å²) in [5.74, 6) is 4.00. The lowest BCUT2D eigenvalue weighted by atomic mass is 10.2. The Morgan fingerprint density at radius 2 is 1.94 bits per heavy atom. The summed E-state index contributed by atoms with van der Waals surface area (Å²) in [7, 11) is -1.86. The number of ether oxygens (including phenoxy) is 1. The van der Waals surface area contributed by atoms with E-state index in [4.69, 9.17) is 5.84 Å². The molecule has 8 nitrogen and oxygen atoms in total. The van der Waals surface area contributed by atoms with Gasteiger partial charge in [-0.05, 0) is 13.8 Å². The van der Waals surface area contributed by atoms with Gasteiger partial charge in [-0.2, -0.15) is 5.10 Å². The van der Waals surface area contributed by atoms with Gasteiger partial charge in [0, 0.05) is 14.2 Å². The monoisotopic (exact) mass is 268 g/mol. The Balaban J connectivity index is 5.41. The van der Waals surface area contributed by atoms with Gasteiger partial charge in [0.2, 0.25) is 5.34 Å². The molecule has 0 aliphatic carbocycles. The quantitative estimate of drug-likeness (QED) is 0.230. The van der Waals surface area contributed by atoms with Crippen LogP contribution in [0.25, 0.3) is 0 Å². The van der Waals surface area contributed by atoms with Crippen LogP contribution in [-0.2, 0) is 23.1 Å². The van der Waals surface area contributed by atoms with Crippen LogP contribution in [0.4, 0.5) is 0 Å². The molecule has 0 saturated carbocycles. The van der Waals surface area contributed by atoms with Crippen molar-refractivity contribution < 1.29 is 28.3 Å². The minimum absolute atomic E-state index is 0.0538. The lowest BCUT2D eigenvalue weighted by Gasteiger charge is -2.29. The molecule has 0 aromatic carbocycles. The van der Waals surface area contributed by atoms with Crippen LogP contribution in [0.5, 0.6) is 0 Å². The molecule has 0 spiro atoms. The number of rotatable bonds is 6. The summed E-state index contributed by atoms with van der Waals surface area (Å²) in [6, 6.07) is 0. The Bertz CT molecular complexity index is 346. The lowest BCUT2D eigenvalue weighted by Crippen LogP contribution is -2.42. The molecule has 3 N–H and O–H groups in total. The molecule has 0 saturated heterocycles. The number of esters is 1. The van der Waals surface area contributed by atoms with Crippen molar-refractivity contribution in [2.45, 2.75) is 19.2 Å². The molecule has 0 bridgehead atoms. The zero-order valence-corrected chi connectivity index (χ0v) is 11.1. The Kier molecular flexibility index (Phi) is 5.77. The van der Waals surface area contributed by atoms with E-state index in [0.29, 0.717) is 0 Å². The van der Waals surface area contributed by atoms with E-state index in [1.54, 1.807) is 6.92 Å². The van der Waals surface area contributed by atoms with Crippen LogP contribution < -0.4 is 5.84 Å². The normalized spacial score (nSPS) is 16.4. The molecule has 9 heteroatoms. The summed E-state index contributed by atoms with van der Waals surface area (Å²) in [5.41, 5.74) is -0.633. The van der Waals surface area contributed by atoms with E-state index in [0.717, 1.165) is 21.1 Å². The summed E-state index contributed by atoms with van der Waals surface area (Å²) in [6.07, 6.45) is 0. The third-order valence-electron chi connectivity index (χ3n) is 2.06. The number of hydrazone groups is 1. The number of hydrogen-bond donors (Lipinski definition) is 2. The van der Waals surface area contributed by atoms with E-state index in [2.05, 4.69) is 18.9 Å². The fraction of sp³-hybridized carbons (Fsp3) is 0.750. The first-order valence-corrected chi connectivity index (χ1v) is 6.24. The van der Waals surface area contributed by atoms with Crippen molar-refractivity contribution in [1.82, 2.24) is 0 Å². The number of carbonyl (C=O) groups is 1. The first-order chi connectivity index (χ1) is 7.80. The molecule has 100 valence electrons. The number of aliphatic hydroxyl groups is 1. The molecular weight excluding hydrogens is 251 g/mol. The van der Waals surface area contributed by atoms with Gasteiger partial charge in [0.15, 0.2) is 5.71 Å². The molecule has 0 heterocycles. The second-order valence-corrected chi connectivity index (χ2v) is 5.68. The van der Waals surface area contributed by atoms with E-state index in [1.165, 1.54) is 0 Å². The largest absolute Gasteiger partial charge is 0.461 e. The number of carbonyl (C=O) groups excluding carboxylic acids is 1. The summed E-state index contributed by atoms with van der Waals surface area (Å²) >= 11 is 0. The van der Waals surface area contributed by atoms with Crippen molar-refractivity contribution in [3.63, 3.8) is 0 Å². The SMILES string of the molecule is CCOC(=O)/C(=N\N)C(C)(O)P(=O)(OC)OC. The van der Waals surface area contributed by atoms with Crippen molar-refractivity contribution in [3.05, 3.63) is 0 Å². The van der Waals surface area contributed by atoms with Gasteiger partial charge in [0.1, 0.15) is 0 Å². The Morgan fingerprint density at radius 3 is 2.24 bits per heavy atom. The average molecular weight is 268 g/mol. The van der Waals surface area contributed by atoms with E-state index in [-0.39, 0.29) is 6.61 Å². The van der Waals surface area contributed by atoms with Crippen molar-refractivity contribution in [2.24, 2.45) is 10.9 Å². The first-order valence-electron chi connectivity index (χ1n) is 4.70. The highest BCUT2D eigenvalue weighted by Crippen LogP contribution is 2.58. The molecule has 0 aliphatic heterocycles. The van der Waals surface area contributed by atoms with Gasteiger partial charge in [-0.1, -0.05) is 0 Å². The summed E-state index contributed by atoms with van der Waals surface area (Å²) < 4.78 is 25.9. The third-order valence-corrected chi connectivity index (χ3v) is 4.30. The van der Waals surface area contributed by atoms with Gasteiger partial charge in [0.05, 0.1) is 6.61 Å². The molecule has 0 aromatic heterocycles. The van der Waals surface area contributed by atoms with E-state index >= 15 is 0 Å². The third kappa shape index (κ3) is 3.04. The molecule has 0 rings (SSSR count). The van der Waals surface area contributed by atoms with Gasteiger partial charge in [0.25, 0.3) is 0 Å². The molecule has 0 aliphatic rings. The predicted octanol–water partition coefficient (Wildman–Crippen LogP) is 0.0586. The minimum atomic E-state index is -3.99. The number of nitrogens with zero attached hydrogens (tertiary/aromatic N) is 1. The smallest absolute Gasteiger partial charge is 0.367 e. The summed E-state index contributed by atoms with van der Waals surface area (Å²) in [5, 5.41) is 10.9. The number of hydrogen-bond acceptors (Lipinski definition) is 8. The van der Waals surface area contributed by atoms with Crippen LogP contribution in [0.3, 0.4) is 0 Å². The minimum Gasteiger partial charge on any atom is -0.461 e. The second kappa shape index (κ2) is 6.11. The average Bonchev–Trinajstić information content (AvgIpc) is 2.28. The Labute approximate surface area is 99.3 Å².